The van der Waals surface area contributed by atoms with Gasteiger partial charge in [0, 0.05) is 13.1 Å². The number of hydrogen-bond donors (Lipinski definition) is 2. The van der Waals surface area contributed by atoms with Crippen molar-refractivity contribution in [2.45, 2.75) is 32.7 Å². The van der Waals surface area contributed by atoms with Gasteiger partial charge in [-0.3, -0.25) is 15.5 Å². The fourth-order valence-corrected chi connectivity index (χ4v) is 2.16. The fraction of sp³-hybridized carbons (Fsp3) is 0.636. The van der Waals surface area contributed by atoms with Crippen LogP contribution >= 0.6 is 0 Å². The lowest BCUT2D eigenvalue weighted by Gasteiger charge is -2.26. The Morgan fingerprint density at radius 3 is 2.63 bits per heavy atom. The lowest BCUT2D eigenvalue weighted by Crippen LogP contribution is -2.32. The monoisotopic (exact) mass is 266 g/mol. The molecule has 0 aliphatic heterocycles. The first-order chi connectivity index (χ1) is 8.95. The van der Waals surface area contributed by atoms with Crippen LogP contribution in [0.15, 0.2) is 0 Å². The van der Waals surface area contributed by atoms with E-state index in [0.29, 0.717) is 17.4 Å². The molecule has 1 atom stereocenters. The second-order valence-corrected chi connectivity index (χ2v) is 4.90. The first kappa shape index (κ1) is 13.5. The Hall–Kier alpha value is -1.96. The third-order valence-corrected chi connectivity index (χ3v) is 3.60. The number of nitrogen functional groups attached to an aromatic ring is 1. The van der Waals surface area contributed by atoms with Gasteiger partial charge in [-0.25, -0.2) is 10.8 Å². The lowest BCUT2D eigenvalue weighted by molar-refractivity contribution is -0.385. The predicted octanol–water partition coefficient (Wildman–Crippen LogP) is 1.21. The number of rotatable bonds is 5. The number of nitrogens with two attached hydrogens (primary N) is 1. The molecule has 0 radical (unpaired) electrons. The van der Waals surface area contributed by atoms with Crippen molar-refractivity contribution in [1.29, 1.82) is 0 Å². The third-order valence-electron chi connectivity index (χ3n) is 3.60. The smallest absolute Gasteiger partial charge is 0.332 e. The zero-order chi connectivity index (χ0) is 14.2. The van der Waals surface area contributed by atoms with E-state index in [-0.39, 0.29) is 17.7 Å². The van der Waals surface area contributed by atoms with E-state index in [0.717, 1.165) is 12.8 Å². The van der Waals surface area contributed by atoms with Crippen molar-refractivity contribution in [2.24, 2.45) is 11.8 Å². The molecule has 104 valence electrons. The second kappa shape index (κ2) is 4.96. The molecule has 19 heavy (non-hydrogen) atoms. The summed E-state index contributed by atoms with van der Waals surface area (Å²) in [5.74, 6) is 6.37. The minimum absolute atomic E-state index is 0.0611. The van der Waals surface area contributed by atoms with Crippen molar-refractivity contribution < 1.29 is 4.92 Å². The Balaban J connectivity index is 2.45. The molecule has 8 nitrogen and oxygen atoms in total. The minimum atomic E-state index is -0.443. The van der Waals surface area contributed by atoms with Gasteiger partial charge in [0.25, 0.3) is 0 Å². The van der Waals surface area contributed by atoms with Gasteiger partial charge >= 0.3 is 5.69 Å². The maximum Gasteiger partial charge on any atom is 0.332 e. The van der Waals surface area contributed by atoms with E-state index < -0.39 is 4.92 Å². The van der Waals surface area contributed by atoms with E-state index in [1.807, 2.05) is 18.9 Å². The fourth-order valence-electron chi connectivity index (χ4n) is 2.16. The highest BCUT2D eigenvalue weighted by molar-refractivity contribution is 5.62. The maximum absolute atomic E-state index is 11.2. The largest absolute Gasteiger partial charge is 0.351 e. The van der Waals surface area contributed by atoms with Crippen LogP contribution < -0.4 is 16.2 Å². The topological polar surface area (TPSA) is 110 Å². The molecular weight excluding hydrogens is 248 g/mol. The van der Waals surface area contributed by atoms with Crippen LogP contribution in [0.5, 0.6) is 0 Å². The van der Waals surface area contributed by atoms with Crippen LogP contribution in [0.1, 0.15) is 25.5 Å². The van der Waals surface area contributed by atoms with Crippen LogP contribution in [-0.4, -0.2) is 28.0 Å². The van der Waals surface area contributed by atoms with Crippen LogP contribution in [0.3, 0.4) is 0 Å². The normalized spacial score (nSPS) is 16.0. The van der Waals surface area contributed by atoms with Gasteiger partial charge in [0.1, 0.15) is 5.69 Å². The average molecular weight is 266 g/mol. The summed E-state index contributed by atoms with van der Waals surface area (Å²) in [6, 6.07) is 0.207. The molecule has 1 fully saturated rings. The number of aryl methyl sites for hydroxylation is 1. The molecule has 0 amide bonds. The van der Waals surface area contributed by atoms with Crippen molar-refractivity contribution in [3.63, 3.8) is 0 Å². The summed E-state index contributed by atoms with van der Waals surface area (Å²) >= 11 is 0. The van der Waals surface area contributed by atoms with Crippen LogP contribution in [0.25, 0.3) is 0 Å². The second-order valence-electron chi connectivity index (χ2n) is 4.90. The molecule has 0 aromatic carbocycles. The Labute approximate surface area is 111 Å². The van der Waals surface area contributed by atoms with Crippen molar-refractivity contribution in [2.75, 3.05) is 17.4 Å². The zero-order valence-corrected chi connectivity index (χ0v) is 11.3. The summed E-state index contributed by atoms with van der Waals surface area (Å²) in [4.78, 5) is 20.7. The first-order valence-electron chi connectivity index (χ1n) is 6.18. The molecular formula is C11H18N6O2. The number of hydrogen-bond acceptors (Lipinski definition) is 7. The number of anilines is 2. The standard InChI is InChI=1S/C11H18N6O2/c1-6-9(17(18)19)10(14-11(13-6)15-12)16(3)7(2)8-4-5-8/h7-8H,4-5,12H2,1-3H3,(H,13,14,15). The summed E-state index contributed by atoms with van der Waals surface area (Å²) < 4.78 is 0. The van der Waals surface area contributed by atoms with Crippen molar-refractivity contribution in [1.82, 2.24) is 9.97 Å². The van der Waals surface area contributed by atoms with Gasteiger partial charge in [0.15, 0.2) is 0 Å². The molecule has 8 heteroatoms. The molecule has 0 saturated heterocycles. The summed E-state index contributed by atoms with van der Waals surface area (Å²) in [5.41, 5.74) is 2.58. The molecule has 1 saturated carbocycles. The molecule has 1 heterocycles. The zero-order valence-electron chi connectivity index (χ0n) is 11.3. The van der Waals surface area contributed by atoms with Gasteiger partial charge in [0.2, 0.25) is 11.8 Å². The maximum atomic E-state index is 11.2. The molecule has 1 aromatic rings. The van der Waals surface area contributed by atoms with Crippen LogP contribution in [0, 0.1) is 23.0 Å². The highest BCUT2D eigenvalue weighted by atomic mass is 16.6. The Kier molecular flexibility index (Phi) is 3.52. The Morgan fingerprint density at radius 1 is 1.53 bits per heavy atom. The average Bonchev–Trinajstić information content (AvgIpc) is 3.19. The quantitative estimate of drug-likeness (QED) is 0.468. The van der Waals surface area contributed by atoms with E-state index >= 15 is 0 Å². The van der Waals surface area contributed by atoms with E-state index in [9.17, 15) is 10.1 Å². The van der Waals surface area contributed by atoms with Crippen molar-refractivity contribution in [3.05, 3.63) is 15.8 Å². The van der Waals surface area contributed by atoms with Gasteiger partial charge in [-0.15, -0.1) is 0 Å². The molecule has 0 spiro atoms. The van der Waals surface area contributed by atoms with E-state index in [2.05, 4.69) is 15.4 Å². The Morgan fingerprint density at radius 2 is 2.16 bits per heavy atom. The number of nitrogens with one attached hydrogen (secondary N) is 1. The van der Waals surface area contributed by atoms with E-state index in [1.54, 1.807) is 6.92 Å². The summed E-state index contributed by atoms with van der Waals surface area (Å²) in [6.07, 6.45) is 2.32. The Bertz CT molecular complexity index is 502. The summed E-state index contributed by atoms with van der Waals surface area (Å²) in [6.45, 7) is 3.63. The SMILES string of the molecule is Cc1nc(NN)nc(N(C)C(C)C2CC2)c1[N+](=O)[O-]. The molecule has 0 bridgehead atoms. The van der Waals surface area contributed by atoms with Crippen LogP contribution in [0.2, 0.25) is 0 Å². The van der Waals surface area contributed by atoms with Crippen molar-refractivity contribution in [3.8, 4) is 0 Å². The molecule has 3 N–H and O–H groups in total. The van der Waals surface area contributed by atoms with Gasteiger partial charge in [-0.1, -0.05) is 0 Å². The van der Waals surface area contributed by atoms with Gasteiger partial charge in [-0.2, -0.15) is 4.98 Å². The molecule has 1 aromatic heterocycles. The predicted molar refractivity (Wildman–Crippen MR) is 71.8 cm³/mol. The molecule has 2 rings (SSSR count). The van der Waals surface area contributed by atoms with Crippen LogP contribution in [0.4, 0.5) is 17.5 Å². The first-order valence-corrected chi connectivity index (χ1v) is 6.18. The highest BCUT2D eigenvalue weighted by Gasteiger charge is 2.34. The lowest BCUT2D eigenvalue weighted by atomic mass is 10.2. The van der Waals surface area contributed by atoms with E-state index in [4.69, 9.17) is 5.84 Å². The van der Waals surface area contributed by atoms with Crippen molar-refractivity contribution >= 4 is 17.5 Å². The van der Waals surface area contributed by atoms with Gasteiger partial charge < -0.3 is 4.90 Å². The highest BCUT2D eigenvalue weighted by Crippen LogP contribution is 2.38. The van der Waals surface area contributed by atoms with Crippen LogP contribution in [-0.2, 0) is 0 Å². The number of nitro groups is 1. The van der Waals surface area contributed by atoms with Gasteiger partial charge in [0.05, 0.1) is 4.92 Å². The third kappa shape index (κ3) is 2.58. The van der Waals surface area contributed by atoms with Gasteiger partial charge in [-0.05, 0) is 32.6 Å². The summed E-state index contributed by atoms with van der Waals surface area (Å²) in [7, 11) is 1.82. The minimum Gasteiger partial charge on any atom is -0.351 e. The number of hydrazine groups is 1. The molecule has 1 aliphatic rings. The summed E-state index contributed by atoms with van der Waals surface area (Å²) in [5, 5.41) is 11.2. The van der Waals surface area contributed by atoms with E-state index in [1.165, 1.54) is 0 Å². The molecule has 1 unspecified atom stereocenters. The number of nitrogens with zero attached hydrogens (tertiary/aromatic N) is 4. The number of aromatic nitrogens is 2. The molecule has 1 aliphatic carbocycles.